The Balaban J connectivity index is 1.77. The number of nitrogens with zero attached hydrogens (tertiary/aromatic N) is 1. The Hall–Kier alpha value is -2.94. The smallest absolute Gasteiger partial charge is 0.271 e. The molecule has 30 heavy (non-hydrogen) atoms. The van der Waals surface area contributed by atoms with Gasteiger partial charge < -0.3 is 14.2 Å². The van der Waals surface area contributed by atoms with Crippen LogP contribution in [0, 0.1) is 5.92 Å². The van der Waals surface area contributed by atoms with Crippen molar-refractivity contribution in [3.63, 3.8) is 0 Å². The summed E-state index contributed by atoms with van der Waals surface area (Å²) in [6.45, 7) is 4.80. The number of nitrogens with one attached hydrogen (secondary N) is 1. The van der Waals surface area contributed by atoms with Gasteiger partial charge in [0.1, 0.15) is 18.3 Å². The van der Waals surface area contributed by atoms with E-state index in [2.05, 4.69) is 5.43 Å². The second-order valence-electron chi connectivity index (χ2n) is 6.59. The van der Waals surface area contributed by atoms with E-state index in [-0.39, 0.29) is 17.5 Å². The maximum Gasteiger partial charge on any atom is 0.271 e. The molecule has 2 amide bonds. The molecule has 2 rings (SSSR count). The van der Waals surface area contributed by atoms with E-state index in [1.807, 2.05) is 37.3 Å². The molecule has 0 aliphatic heterocycles. The largest absolute Gasteiger partial charge is 0.457 e. The highest BCUT2D eigenvalue weighted by atomic mass is 16.7. The van der Waals surface area contributed by atoms with Gasteiger partial charge in [-0.25, -0.2) is 5.43 Å². The minimum atomic E-state index is -0.607. The van der Waals surface area contributed by atoms with Gasteiger partial charge in [0, 0.05) is 24.7 Å². The van der Waals surface area contributed by atoms with E-state index in [4.69, 9.17) is 14.2 Å². The molecule has 0 aromatic heterocycles. The molecule has 2 aromatic rings. The van der Waals surface area contributed by atoms with Gasteiger partial charge >= 0.3 is 0 Å². The van der Waals surface area contributed by atoms with Gasteiger partial charge in [0.15, 0.2) is 0 Å². The minimum Gasteiger partial charge on any atom is -0.457 e. The molecular formula is C22H28N2O6. The van der Waals surface area contributed by atoms with Crippen molar-refractivity contribution in [1.29, 1.82) is 0 Å². The summed E-state index contributed by atoms with van der Waals surface area (Å²) < 4.78 is 16.0. The van der Waals surface area contributed by atoms with Crippen molar-refractivity contribution in [2.24, 2.45) is 5.92 Å². The van der Waals surface area contributed by atoms with Crippen LogP contribution in [0.15, 0.2) is 54.6 Å². The highest BCUT2D eigenvalue weighted by Gasteiger charge is 2.21. The lowest BCUT2D eigenvalue weighted by Gasteiger charge is -2.19. The predicted octanol–water partition coefficient (Wildman–Crippen LogP) is 3.77. The summed E-state index contributed by atoms with van der Waals surface area (Å²) in [5.41, 5.74) is 2.45. The number of hydrogen-bond acceptors (Lipinski definition) is 6. The first-order chi connectivity index (χ1) is 14.5. The maximum absolute atomic E-state index is 12.3. The van der Waals surface area contributed by atoms with Gasteiger partial charge in [0.05, 0.1) is 0 Å². The molecule has 0 radical (unpaired) electrons. The van der Waals surface area contributed by atoms with E-state index in [0.29, 0.717) is 37.6 Å². The number of rotatable bonds is 11. The van der Waals surface area contributed by atoms with Crippen LogP contribution in [-0.4, -0.2) is 42.2 Å². The van der Waals surface area contributed by atoms with Gasteiger partial charge in [-0.15, -0.1) is 5.17 Å². The molecule has 1 atom stereocenters. The molecule has 0 aliphatic rings. The van der Waals surface area contributed by atoms with Crippen molar-refractivity contribution in [2.75, 3.05) is 20.0 Å². The third kappa shape index (κ3) is 7.82. The molecule has 2 aromatic carbocycles. The summed E-state index contributed by atoms with van der Waals surface area (Å²) in [7, 11) is 0. The van der Waals surface area contributed by atoms with Crippen LogP contribution in [0.1, 0.15) is 37.0 Å². The van der Waals surface area contributed by atoms with Gasteiger partial charge in [-0.1, -0.05) is 25.1 Å². The van der Waals surface area contributed by atoms with Crippen molar-refractivity contribution in [3.8, 4) is 11.5 Å². The summed E-state index contributed by atoms with van der Waals surface area (Å²) >= 11 is 0. The Morgan fingerprint density at radius 2 is 1.70 bits per heavy atom. The molecule has 0 aliphatic carbocycles. The van der Waals surface area contributed by atoms with Gasteiger partial charge in [-0.2, -0.15) is 0 Å². The molecule has 0 bridgehead atoms. The van der Waals surface area contributed by atoms with Crippen LogP contribution in [0.5, 0.6) is 11.5 Å². The highest BCUT2D eigenvalue weighted by Crippen LogP contribution is 2.21. The predicted molar refractivity (Wildman–Crippen MR) is 110 cm³/mol. The fraction of sp³-hybridized carbons (Fsp3) is 0.364. The molecule has 0 saturated heterocycles. The number of ether oxygens (including phenoxy) is 3. The summed E-state index contributed by atoms with van der Waals surface area (Å²) in [5, 5.41) is 10.2. The van der Waals surface area contributed by atoms with Crippen LogP contribution < -0.4 is 10.2 Å². The fourth-order valence-electron chi connectivity index (χ4n) is 2.54. The summed E-state index contributed by atoms with van der Waals surface area (Å²) in [4.78, 5) is 24.5. The molecule has 0 saturated carbocycles. The lowest BCUT2D eigenvalue weighted by molar-refractivity contribution is -0.180. The van der Waals surface area contributed by atoms with Crippen molar-refractivity contribution < 1.29 is 29.0 Å². The maximum atomic E-state index is 12.3. The first-order valence-electron chi connectivity index (χ1n) is 9.83. The summed E-state index contributed by atoms with van der Waals surface area (Å²) in [5.74, 6) is -0.442. The standard InChI is InChI=1S/C22H28N2O6/c1-3-28-16-29-15-7-8-17(2)22(26)24(27)23-21(25)18-11-13-20(14-12-18)30-19-9-5-4-6-10-19/h4-6,9-14,17,27H,3,7-8,15-16H2,1-2H3,(H,23,25)/t17-/m0/s1. The number of hydrogen-bond donors (Lipinski definition) is 2. The molecule has 162 valence electrons. The Morgan fingerprint density at radius 3 is 2.37 bits per heavy atom. The van der Waals surface area contributed by atoms with Crippen molar-refractivity contribution in [1.82, 2.24) is 10.6 Å². The first-order valence-corrected chi connectivity index (χ1v) is 9.83. The monoisotopic (exact) mass is 416 g/mol. The van der Waals surface area contributed by atoms with Crippen molar-refractivity contribution >= 4 is 11.8 Å². The second-order valence-corrected chi connectivity index (χ2v) is 6.59. The molecule has 0 unspecified atom stereocenters. The molecule has 0 fully saturated rings. The van der Waals surface area contributed by atoms with Crippen molar-refractivity contribution in [3.05, 3.63) is 60.2 Å². The van der Waals surface area contributed by atoms with Crippen molar-refractivity contribution in [2.45, 2.75) is 26.7 Å². The second kappa shape index (κ2) is 12.6. The third-order valence-corrected chi connectivity index (χ3v) is 4.23. The number of benzene rings is 2. The van der Waals surface area contributed by atoms with E-state index < -0.39 is 17.7 Å². The average Bonchev–Trinajstić information content (AvgIpc) is 2.76. The first kappa shape index (κ1) is 23.3. The molecule has 8 nitrogen and oxygen atoms in total. The average molecular weight is 416 g/mol. The molecular weight excluding hydrogens is 388 g/mol. The Bertz CT molecular complexity index is 782. The van der Waals surface area contributed by atoms with Crippen LogP contribution >= 0.6 is 0 Å². The van der Waals surface area contributed by atoms with Gasteiger partial charge in [0.2, 0.25) is 0 Å². The van der Waals surface area contributed by atoms with Crippen LogP contribution in [0.3, 0.4) is 0 Å². The molecule has 0 heterocycles. The topological polar surface area (TPSA) is 97.3 Å². The van der Waals surface area contributed by atoms with Gasteiger partial charge in [-0.05, 0) is 56.2 Å². The van der Waals surface area contributed by atoms with E-state index in [9.17, 15) is 14.8 Å². The van der Waals surface area contributed by atoms with E-state index >= 15 is 0 Å². The zero-order valence-electron chi connectivity index (χ0n) is 17.2. The van der Waals surface area contributed by atoms with Gasteiger partial charge in [-0.3, -0.25) is 14.8 Å². The Morgan fingerprint density at radius 1 is 1.03 bits per heavy atom. The quantitative estimate of drug-likeness (QED) is 0.250. The van der Waals surface area contributed by atoms with E-state index in [1.54, 1.807) is 31.2 Å². The molecule has 0 spiro atoms. The number of carbonyl (C=O) groups is 2. The van der Waals surface area contributed by atoms with Crippen LogP contribution in [0.25, 0.3) is 0 Å². The minimum absolute atomic E-state index is 0.218. The number of hydrazine groups is 1. The third-order valence-electron chi connectivity index (χ3n) is 4.23. The lowest BCUT2D eigenvalue weighted by Crippen LogP contribution is -2.46. The van der Waals surface area contributed by atoms with Crippen LogP contribution in [-0.2, 0) is 14.3 Å². The number of amides is 2. The van der Waals surface area contributed by atoms with E-state index in [0.717, 1.165) is 0 Å². The molecule has 2 N–H and O–H groups in total. The zero-order valence-corrected chi connectivity index (χ0v) is 17.2. The number of hydroxylamine groups is 1. The lowest BCUT2D eigenvalue weighted by atomic mass is 10.1. The number of para-hydroxylation sites is 1. The Labute approximate surface area is 176 Å². The van der Waals surface area contributed by atoms with Crippen LogP contribution in [0.2, 0.25) is 0 Å². The van der Waals surface area contributed by atoms with E-state index in [1.165, 1.54) is 0 Å². The normalized spacial score (nSPS) is 11.6. The fourth-order valence-corrected chi connectivity index (χ4v) is 2.54. The van der Waals surface area contributed by atoms with Gasteiger partial charge in [0.25, 0.3) is 11.8 Å². The summed E-state index contributed by atoms with van der Waals surface area (Å²) in [6.07, 6.45) is 1.13. The number of carbonyl (C=O) groups excluding carboxylic acids is 2. The highest BCUT2D eigenvalue weighted by molar-refractivity contribution is 5.95. The molecule has 8 heteroatoms. The van der Waals surface area contributed by atoms with Crippen LogP contribution in [0.4, 0.5) is 0 Å². The Kier molecular flexibility index (Phi) is 9.79. The summed E-state index contributed by atoms with van der Waals surface area (Å²) in [6, 6.07) is 15.6. The zero-order chi connectivity index (χ0) is 21.8. The SMILES string of the molecule is CCOCOCCC[C@H](C)C(=O)N(O)NC(=O)c1ccc(Oc2ccccc2)cc1.